The third kappa shape index (κ3) is 3.59. The van der Waals surface area contributed by atoms with Gasteiger partial charge < -0.3 is 9.64 Å². The lowest BCUT2D eigenvalue weighted by Gasteiger charge is -2.33. The van der Waals surface area contributed by atoms with Gasteiger partial charge in [-0.15, -0.1) is 0 Å². The molecule has 130 valence electrons. The Morgan fingerprint density at radius 1 is 1.00 bits per heavy atom. The number of carbonyl (C=O) groups excluding carboxylic acids is 1. The second-order valence-corrected chi connectivity index (χ2v) is 7.13. The van der Waals surface area contributed by atoms with Gasteiger partial charge in [-0.05, 0) is 32.1 Å². The van der Waals surface area contributed by atoms with Crippen LogP contribution in [0.5, 0.6) is 0 Å². The van der Waals surface area contributed by atoms with Gasteiger partial charge in [0.05, 0.1) is 5.56 Å². The van der Waals surface area contributed by atoms with Crippen LogP contribution in [0.15, 0.2) is 12.4 Å². The minimum Gasteiger partial charge on any atom is -0.381 e. The van der Waals surface area contributed by atoms with E-state index in [1.54, 1.807) is 12.4 Å². The monoisotopic (exact) mass is 330 g/mol. The molecule has 1 aliphatic carbocycles. The van der Waals surface area contributed by atoms with E-state index in [-0.39, 0.29) is 5.91 Å². The van der Waals surface area contributed by atoms with Gasteiger partial charge in [0, 0.05) is 63.7 Å². The van der Waals surface area contributed by atoms with Gasteiger partial charge in [-0.3, -0.25) is 9.69 Å². The fourth-order valence-electron chi connectivity index (χ4n) is 3.74. The number of nitrogens with zero attached hydrogens (tertiary/aromatic N) is 4. The van der Waals surface area contributed by atoms with E-state index in [1.807, 2.05) is 4.90 Å². The molecule has 24 heavy (non-hydrogen) atoms. The van der Waals surface area contributed by atoms with Crippen molar-refractivity contribution in [3.05, 3.63) is 23.8 Å². The van der Waals surface area contributed by atoms with Crippen LogP contribution in [0.3, 0.4) is 0 Å². The van der Waals surface area contributed by atoms with Crippen molar-refractivity contribution < 1.29 is 9.53 Å². The predicted octanol–water partition coefficient (Wildman–Crippen LogP) is 1.68. The van der Waals surface area contributed by atoms with Crippen LogP contribution in [0.25, 0.3) is 0 Å². The Labute approximate surface area is 143 Å². The van der Waals surface area contributed by atoms with Crippen molar-refractivity contribution in [2.24, 2.45) is 0 Å². The van der Waals surface area contributed by atoms with Crippen molar-refractivity contribution in [1.82, 2.24) is 19.8 Å². The fourth-order valence-corrected chi connectivity index (χ4v) is 3.74. The van der Waals surface area contributed by atoms with Gasteiger partial charge in [-0.2, -0.15) is 0 Å². The predicted molar refractivity (Wildman–Crippen MR) is 89.9 cm³/mol. The standard InChI is InChI=1S/C18H26N4O2/c23-18(15-12-19-17(20-13-15)14-2-3-14)22-7-1-6-21(8-9-22)16-4-10-24-11-5-16/h12-14,16H,1-11H2. The fraction of sp³-hybridized carbons (Fsp3) is 0.722. The summed E-state index contributed by atoms with van der Waals surface area (Å²) in [6.07, 6.45) is 9.05. The SMILES string of the molecule is O=C(c1cnc(C2CC2)nc1)N1CCCN(C2CCOCC2)CC1. The molecule has 1 aromatic heterocycles. The maximum Gasteiger partial charge on any atom is 0.257 e. The normalized spacial score (nSPS) is 23.9. The quantitative estimate of drug-likeness (QED) is 0.844. The molecule has 0 radical (unpaired) electrons. The first-order chi connectivity index (χ1) is 11.8. The number of hydrogen-bond donors (Lipinski definition) is 0. The summed E-state index contributed by atoms with van der Waals surface area (Å²) in [5, 5.41) is 0. The van der Waals surface area contributed by atoms with E-state index in [4.69, 9.17) is 4.74 Å². The third-order valence-corrected chi connectivity index (χ3v) is 5.39. The Hall–Kier alpha value is -1.53. The molecule has 0 aromatic carbocycles. The Bertz CT molecular complexity index is 567. The lowest BCUT2D eigenvalue weighted by atomic mass is 10.1. The summed E-state index contributed by atoms with van der Waals surface area (Å²) in [7, 11) is 0. The molecule has 1 amide bonds. The third-order valence-electron chi connectivity index (χ3n) is 5.39. The average molecular weight is 330 g/mol. The van der Waals surface area contributed by atoms with Gasteiger partial charge in [0.15, 0.2) is 0 Å². The van der Waals surface area contributed by atoms with Crippen molar-refractivity contribution in [2.75, 3.05) is 39.4 Å². The molecule has 2 aliphatic heterocycles. The molecule has 1 saturated carbocycles. The Balaban J connectivity index is 1.36. The summed E-state index contributed by atoms with van der Waals surface area (Å²) in [4.78, 5) is 26.0. The summed E-state index contributed by atoms with van der Waals surface area (Å²) in [5.41, 5.74) is 0.624. The van der Waals surface area contributed by atoms with Gasteiger partial charge >= 0.3 is 0 Å². The van der Waals surface area contributed by atoms with E-state index < -0.39 is 0 Å². The average Bonchev–Trinajstić information content (AvgIpc) is 3.49. The van der Waals surface area contributed by atoms with E-state index >= 15 is 0 Å². The van der Waals surface area contributed by atoms with Gasteiger partial charge in [-0.25, -0.2) is 9.97 Å². The maximum atomic E-state index is 12.7. The zero-order valence-corrected chi connectivity index (χ0v) is 14.2. The molecule has 0 unspecified atom stereocenters. The van der Waals surface area contributed by atoms with Gasteiger partial charge in [0.1, 0.15) is 5.82 Å². The molecule has 6 heteroatoms. The highest BCUT2D eigenvalue weighted by atomic mass is 16.5. The molecule has 3 fully saturated rings. The molecule has 1 aromatic rings. The lowest BCUT2D eigenvalue weighted by molar-refractivity contribution is 0.0351. The first kappa shape index (κ1) is 16.0. The summed E-state index contributed by atoms with van der Waals surface area (Å²) in [6.45, 7) is 5.38. The number of rotatable bonds is 3. The topological polar surface area (TPSA) is 58.6 Å². The highest BCUT2D eigenvalue weighted by molar-refractivity contribution is 5.93. The molecular formula is C18H26N4O2. The van der Waals surface area contributed by atoms with Crippen LogP contribution in [-0.2, 0) is 4.74 Å². The summed E-state index contributed by atoms with van der Waals surface area (Å²) < 4.78 is 5.46. The van der Waals surface area contributed by atoms with Crippen LogP contribution in [0.1, 0.15) is 54.2 Å². The first-order valence-corrected chi connectivity index (χ1v) is 9.24. The maximum absolute atomic E-state index is 12.7. The largest absolute Gasteiger partial charge is 0.381 e. The Morgan fingerprint density at radius 2 is 1.75 bits per heavy atom. The highest BCUT2D eigenvalue weighted by Gasteiger charge is 2.28. The second-order valence-electron chi connectivity index (χ2n) is 7.13. The number of ether oxygens (including phenoxy) is 1. The smallest absolute Gasteiger partial charge is 0.257 e. The Morgan fingerprint density at radius 3 is 2.46 bits per heavy atom. The zero-order chi connectivity index (χ0) is 16.4. The first-order valence-electron chi connectivity index (χ1n) is 9.24. The minimum atomic E-state index is 0.0752. The second kappa shape index (κ2) is 7.15. The van der Waals surface area contributed by atoms with Crippen LogP contribution in [0.4, 0.5) is 0 Å². The van der Waals surface area contributed by atoms with Crippen LogP contribution in [-0.4, -0.2) is 71.1 Å². The zero-order valence-electron chi connectivity index (χ0n) is 14.2. The molecule has 0 N–H and O–H groups in total. The van der Waals surface area contributed by atoms with E-state index in [2.05, 4.69) is 14.9 Å². The van der Waals surface area contributed by atoms with Crippen LogP contribution in [0.2, 0.25) is 0 Å². The van der Waals surface area contributed by atoms with Crippen LogP contribution >= 0.6 is 0 Å². The van der Waals surface area contributed by atoms with Crippen molar-refractivity contribution in [2.45, 2.75) is 44.1 Å². The summed E-state index contributed by atoms with van der Waals surface area (Å²) in [6, 6.07) is 0.620. The van der Waals surface area contributed by atoms with Crippen molar-refractivity contribution in [1.29, 1.82) is 0 Å². The minimum absolute atomic E-state index is 0.0752. The van der Waals surface area contributed by atoms with Crippen LogP contribution in [0, 0.1) is 0 Å². The number of carbonyl (C=O) groups is 1. The van der Waals surface area contributed by atoms with Gasteiger partial charge in [-0.1, -0.05) is 0 Å². The molecule has 0 atom stereocenters. The van der Waals surface area contributed by atoms with E-state index in [9.17, 15) is 4.79 Å². The van der Waals surface area contributed by atoms with Crippen molar-refractivity contribution in [3.8, 4) is 0 Å². The molecule has 4 rings (SSSR count). The van der Waals surface area contributed by atoms with Crippen molar-refractivity contribution in [3.63, 3.8) is 0 Å². The summed E-state index contributed by atoms with van der Waals surface area (Å²) in [5.74, 6) is 1.50. The number of aromatic nitrogens is 2. The molecule has 2 saturated heterocycles. The molecule has 0 bridgehead atoms. The van der Waals surface area contributed by atoms with E-state index in [0.29, 0.717) is 17.5 Å². The molecule has 6 nitrogen and oxygen atoms in total. The van der Waals surface area contributed by atoms with E-state index in [0.717, 1.165) is 64.5 Å². The highest BCUT2D eigenvalue weighted by Crippen LogP contribution is 2.37. The number of amides is 1. The molecule has 3 aliphatic rings. The van der Waals surface area contributed by atoms with E-state index in [1.165, 1.54) is 12.8 Å². The summed E-state index contributed by atoms with van der Waals surface area (Å²) >= 11 is 0. The van der Waals surface area contributed by atoms with Gasteiger partial charge in [0.25, 0.3) is 5.91 Å². The molecule has 3 heterocycles. The molecule has 0 spiro atoms. The molecular weight excluding hydrogens is 304 g/mol. The van der Waals surface area contributed by atoms with Crippen molar-refractivity contribution >= 4 is 5.91 Å². The van der Waals surface area contributed by atoms with Crippen LogP contribution < -0.4 is 0 Å². The lowest BCUT2D eigenvalue weighted by Crippen LogP contribution is -2.42. The van der Waals surface area contributed by atoms with Gasteiger partial charge in [0.2, 0.25) is 0 Å². The number of hydrogen-bond acceptors (Lipinski definition) is 5. The Kier molecular flexibility index (Phi) is 4.76.